The number of ether oxygens (including phenoxy) is 1. The highest BCUT2D eigenvalue weighted by Crippen LogP contribution is 2.19. The van der Waals surface area contributed by atoms with Gasteiger partial charge in [-0.3, -0.25) is 4.98 Å². The number of benzene rings is 1. The molecule has 0 aliphatic heterocycles. The van der Waals surface area contributed by atoms with Crippen LogP contribution in [0, 0.1) is 0 Å². The third-order valence-electron chi connectivity index (χ3n) is 3.46. The molecule has 0 spiro atoms. The molecule has 0 bridgehead atoms. The number of aromatic nitrogens is 7. The Balaban J connectivity index is 1.43. The molecule has 0 saturated carbocycles. The predicted molar refractivity (Wildman–Crippen MR) is 90.7 cm³/mol. The molecule has 0 radical (unpaired) electrons. The molecule has 0 unspecified atom stereocenters. The van der Waals surface area contributed by atoms with Gasteiger partial charge in [-0.15, -0.1) is 15.3 Å². The van der Waals surface area contributed by atoms with Crippen LogP contribution in [0.3, 0.4) is 0 Å². The number of rotatable bonds is 6. The summed E-state index contributed by atoms with van der Waals surface area (Å²) in [5.41, 5.74) is 1.59. The zero-order valence-electron chi connectivity index (χ0n) is 13.8. The molecule has 0 atom stereocenters. The van der Waals surface area contributed by atoms with Crippen LogP contribution in [-0.4, -0.2) is 42.5 Å². The summed E-state index contributed by atoms with van der Waals surface area (Å²) in [7, 11) is 1.62. The molecule has 0 saturated heterocycles. The van der Waals surface area contributed by atoms with Gasteiger partial charge in [0.25, 0.3) is 0 Å². The molecular weight excluding hydrogens is 336 g/mol. The Kier molecular flexibility index (Phi) is 4.21. The maximum atomic E-state index is 5.56. The van der Waals surface area contributed by atoms with Crippen molar-refractivity contribution in [2.24, 2.45) is 0 Å². The lowest BCUT2D eigenvalue weighted by Crippen LogP contribution is -2.04. The third-order valence-corrected chi connectivity index (χ3v) is 3.46. The quantitative estimate of drug-likeness (QED) is 0.556. The molecule has 3 heterocycles. The fraction of sp³-hybridized carbons (Fsp3) is 0.125. The van der Waals surface area contributed by atoms with E-state index in [4.69, 9.17) is 9.15 Å². The lowest BCUT2D eigenvalue weighted by atomic mass is 10.3. The lowest BCUT2D eigenvalue weighted by Gasteiger charge is -2.02. The number of nitrogens with zero attached hydrogens (tertiary/aromatic N) is 7. The Morgan fingerprint density at radius 3 is 2.77 bits per heavy atom. The molecular formula is C16H14N8O2. The van der Waals surface area contributed by atoms with Gasteiger partial charge < -0.3 is 14.5 Å². The molecule has 0 aliphatic rings. The molecule has 0 aliphatic carbocycles. The van der Waals surface area contributed by atoms with E-state index in [1.807, 2.05) is 36.4 Å². The van der Waals surface area contributed by atoms with Crippen LogP contribution in [0.5, 0.6) is 5.75 Å². The maximum Gasteiger partial charge on any atom is 0.320 e. The van der Waals surface area contributed by atoms with Gasteiger partial charge in [0, 0.05) is 23.6 Å². The van der Waals surface area contributed by atoms with E-state index >= 15 is 0 Å². The maximum absolute atomic E-state index is 5.56. The molecule has 130 valence electrons. The fourth-order valence-electron chi connectivity index (χ4n) is 2.21. The predicted octanol–water partition coefficient (Wildman–Crippen LogP) is 1.92. The van der Waals surface area contributed by atoms with E-state index < -0.39 is 0 Å². The first-order chi connectivity index (χ1) is 12.8. The van der Waals surface area contributed by atoms with Gasteiger partial charge in [0.05, 0.1) is 7.11 Å². The highest BCUT2D eigenvalue weighted by Gasteiger charge is 2.11. The second-order valence-electron chi connectivity index (χ2n) is 5.24. The summed E-state index contributed by atoms with van der Waals surface area (Å²) >= 11 is 0. The van der Waals surface area contributed by atoms with E-state index in [0.29, 0.717) is 11.7 Å². The van der Waals surface area contributed by atoms with Crippen molar-refractivity contribution in [2.75, 3.05) is 12.4 Å². The van der Waals surface area contributed by atoms with Gasteiger partial charge in [0.2, 0.25) is 11.7 Å². The molecule has 26 heavy (non-hydrogen) atoms. The molecule has 1 N–H and O–H groups in total. The zero-order chi connectivity index (χ0) is 17.8. The van der Waals surface area contributed by atoms with Crippen molar-refractivity contribution in [3.63, 3.8) is 0 Å². The van der Waals surface area contributed by atoms with Crippen molar-refractivity contribution in [3.8, 4) is 17.1 Å². The average molecular weight is 350 g/mol. The number of hydrogen-bond donors (Lipinski definition) is 1. The smallest absolute Gasteiger partial charge is 0.320 e. The Bertz CT molecular complexity index is 981. The summed E-state index contributed by atoms with van der Waals surface area (Å²) in [6.45, 7) is 0.213. The molecule has 0 amide bonds. The normalized spacial score (nSPS) is 10.7. The fourth-order valence-corrected chi connectivity index (χ4v) is 2.21. The number of anilines is 2. The van der Waals surface area contributed by atoms with E-state index in [1.54, 1.807) is 19.5 Å². The van der Waals surface area contributed by atoms with Crippen LogP contribution in [-0.2, 0) is 6.54 Å². The van der Waals surface area contributed by atoms with Gasteiger partial charge in [-0.1, -0.05) is 5.10 Å². The molecule has 1 aromatic carbocycles. The van der Waals surface area contributed by atoms with Crippen LogP contribution in [0.4, 0.5) is 11.7 Å². The van der Waals surface area contributed by atoms with E-state index in [-0.39, 0.29) is 12.6 Å². The summed E-state index contributed by atoms with van der Waals surface area (Å²) < 4.78 is 10.7. The lowest BCUT2D eigenvalue weighted by molar-refractivity contribution is 0.415. The first kappa shape index (κ1) is 15.7. The Morgan fingerprint density at radius 2 is 2.00 bits per heavy atom. The van der Waals surface area contributed by atoms with Gasteiger partial charge >= 0.3 is 6.01 Å². The number of tetrazole rings is 1. The second-order valence-corrected chi connectivity index (χ2v) is 5.24. The SMILES string of the molecule is COc1ccc(Nc2nnc(Cn3nnc(-c4cccnc4)n3)o2)cc1. The topological polar surface area (TPSA) is 117 Å². The van der Waals surface area contributed by atoms with Crippen LogP contribution in [0.1, 0.15) is 5.89 Å². The molecule has 4 rings (SSSR count). The summed E-state index contributed by atoms with van der Waals surface area (Å²) in [6, 6.07) is 11.3. The minimum absolute atomic E-state index is 0.213. The van der Waals surface area contributed by atoms with Crippen molar-refractivity contribution in [1.82, 2.24) is 35.4 Å². The number of methoxy groups -OCH3 is 1. The van der Waals surface area contributed by atoms with Gasteiger partial charge in [0.1, 0.15) is 12.3 Å². The molecule has 0 fully saturated rings. The summed E-state index contributed by atoms with van der Waals surface area (Å²) in [4.78, 5) is 5.42. The molecule has 4 aromatic rings. The van der Waals surface area contributed by atoms with Gasteiger partial charge in [-0.05, 0) is 41.6 Å². The van der Waals surface area contributed by atoms with E-state index in [0.717, 1.165) is 17.0 Å². The minimum Gasteiger partial charge on any atom is -0.497 e. The standard InChI is InChI=1S/C16H14N8O2/c1-25-13-6-4-12(5-7-13)18-16-21-19-14(26-16)10-24-22-15(20-23-24)11-3-2-8-17-9-11/h2-9H,10H2,1H3,(H,18,21). The van der Waals surface area contributed by atoms with Crippen LogP contribution < -0.4 is 10.1 Å². The molecule has 10 nitrogen and oxygen atoms in total. The summed E-state index contributed by atoms with van der Waals surface area (Å²) in [5, 5.41) is 23.2. The zero-order valence-corrected chi connectivity index (χ0v) is 13.8. The van der Waals surface area contributed by atoms with E-state index in [1.165, 1.54) is 4.80 Å². The summed E-state index contributed by atoms with van der Waals surface area (Å²) in [5.74, 6) is 1.61. The Labute approximate surface area is 147 Å². The minimum atomic E-state index is 0.213. The monoisotopic (exact) mass is 350 g/mol. The van der Waals surface area contributed by atoms with Crippen molar-refractivity contribution >= 4 is 11.7 Å². The first-order valence-electron chi connectivity index (χ1n) is 7.72. The molecule has 10 heteroatoms. The third kappa shape index (κ3) is 3.48. The van der Waals surface area contributed by atoms with E-state index in [2.05, 4.69) is 35.9 Å². The van der Waals surface area contributed by atoms with Crippen LogP contribution >= 0.6 is 0 Å². The summed E-state index contributed by atoms with van der Waals surface area (Å²) in [6.07, 6.45) is 3.36. The van der Waals surface area contributed by atoms with Crippen molar-refractivity contribution in [3.05, 3.63) is 54.7 Å². The van der Waals surface area contributed by atoms with Gasteiger partial charge in [-0.2, -0.15) is 4.80 Å². The van der Waals surface area contributed by atoms with Crippen molar-refractivity contribution in [1.29, 1.82) is 0 Å². The van der Waals surface area contributed by atoms with Crippen molar-refractivity contribution in [2.45, 2.75) is 6.54 Å². The van der Waals surface area contributed by atoms with Gasteiger partial charge in [0.15, 0.2) is 0 Å². The van der Waals surface area contributed by atoms with Crippen LogP contribution in [0.15, 0.2) is 53.2 Å². The van der Waals surface area contributed by atoms with Gasteiger partial charge in [-0.25, -0.2) is 0 Å². The second kappa shape index (κ2) is 6.97. The van der Waals surface area contributed by atoms with Crippen LogP contribution in [0.2, 0.25) is 0 Å². The Hall–Kier alpha value is -3.82. The number of hydrogen-bond acceptors (Lipinski definition) is 9. The Morgan fingerprint density at radius 1 is 1.12 bits per heavy atom. The molecule has 3 aromatic heterocycles. The number of nitrogens with one attached hydrogen (secondary N) is 1. The highest BCUT2D eigenvalue weighted by atomic mass is 16.5. The highest BCUT2D eigenvalue weighted by molar-refractivity contribution is 5.53. The first-order valence-corrected chi connectivity index (χ1v) is 7.72. The van der Waals surface area contributed by atoms with Crippen LogP contribution in [0.25, 0.3) is 11.4 Å². The largest absolute Gasteiger partial charge is 0.497 e. The van der Waals surface area contributed by atoms with Crippen molar-refractivity contribution < 1.29 is 9.15 Å². The number of pyridine rings is 1. The van der Waals surface area contributed by atoms with E-state index in [9.17, 15) is 0 Å². The average Bonchev–Trinajstić information content (AvgIpc) is 3.33.